The maximum absolute atomic E-state index is 12.8. The highest BCUT2D eigenvalue weighted by Crippen LogP contribution is 2.25. The molecule has 0 bridgehead atoms. The van der Waals surface area contributed by atoms with E-state index in [9.17, 15) is 9.00 Å². The average Bonchev–Trinajstić information content (AvgIpc) is 2.77. The number of ether oxygens (including phenoxy) is 1. The molecule has 0 saturated carbocycles. The average molecular weight is 462 g/mol. The Labute approximate surface area is 187 Å². The standard InChI is InChI=1S/C20H21ClN6O3S/c1-27-18(24-10-13-5-6-16(30-2)15(21)9-13)14(11-26-20(27)31(3)29)19(28)25-12-17-22-7-4-8-23-17/h4-9,11H,10,12H2,1-3H3,(H,25,28)/p+1. The molecule has 1 atom stereocenters. The highest BCUT2D eigenvalue weighted by atomic mass is 35.5. The number of anilines is 1. The summed E-state index contributed by atoms with van der Waals surface area (Å²) < 4.78 is 18.8. The van der Waals surface area contributed by atoms with Crippen molar-refractivity contribution in [1.29, 1.82) is 0 Å². The zero-order chi connectivity index (χ0) is 22.4. The molecule has 0 saturated heterocycles. The largest absolute Gasteiger partial charge is 0.495 e. The van der Waals surface area contributed by atoms with Crippen molar-refractivity contribution in [3.05, 3.63) is 64.8 Å². The predicted octanol–water partition coefficient (Wildman–Crippen LogP) is 1.64. The van der Waals surface area contributed by atoms with Crippen molar-refractivity contribution in [3.8, 4) is 5.75 Å². The number of methoxy groups -OCH3 is 1. The van der Waals surface area contributed by atoms with Crippen molar-refractivity contribution >= 4 is 34.1 Å². The third kappa shape index (κ3) is 5.53. The van der Waals surface area contributed by atoms with Crippen LogP contribution in [0.15, 0.2) is 48.0 Å². The molecule has 0 aliphatic rings. The summed E-state index contributed by atoms with van der Waals surface area (Å²) in [5.41, 5.74) is 1.18. The lowest BCUT2D eigenvalue weighted by atomic mass is 10.2. The summed E-state index contributed by atoms with van der Waals surface area (Å²) in [5, 5.41) is 6.83. The van der Waals surface area contributed by atoms with E-state index in [4.69, 9.17) is 16.3 Å². The SMILES string of the molecule is COc1ccc(CNc2c(C(=O)NCc3ncccn3)cnc(S(C)=O)[n+]2C)cc1Cl. The van der Waals surface area contributed by atoms with E-state index in [0.717, 1.165) is 5.56 Å². The molecule has 0 aliphatic carbocycles. The first-order chi connectivity index (χ1) is 14.9. The van der Waals surface area contributed by atoms with Gasteiger partial charge in [-0.05, 0) is 23.8 Å². The van der Waals surface area contributed by atoms with Gasteiger partial charge in [-0.1, -0.05) is 17.7 Å². The van der Waals surface area contributed by atoms with E-state index in [2.05, 4.69) is 25.6 Å². The van der Waals surface area contributed by atoms with Gasteiger partial charge in [0.05, 0.1) is 32.3 Å². The topological polar surface area (TPSA) is 110 Å². The van der Waals surface area contributed by atoms with Crippen LogP contribution >= 0.6 is 11.6 Å². The van der Waals surface area contributed by atoms with Crippen LogP contribution in [-0.4, -0.2) is 38.4 Å². The van der Waals surface area contributed by atoms with Gasteiger partial charge in [0, 0.05) is 18.6 Å². The van der Waals surface area contributed by atoms with Crippen LogP contribution in [0.5, 0.6) is 5.75 Å². The van der Waals surface area contributed by atoms with Crippen LogP contribution in [-0.2, 0) is 30.9 Å². The summed E-state index contributed by atoms with van der Waals surface area (Å²) >= 11 is 6.21. The van der Waals surface area contributed by atoms with Crippen LogP contribution < -0.4 is 19.9 Å². The number of carbonyl (C=O) groups is 1. The number of carbonyl (C=O) groups excluding carboxylic acids is 1. The number of nitrogens with one attached hydrogen (secondary N) is 2. The Morgan fingerprint density at radius 2 is 1.97 bits per heavy atom. The van der Waals surface area contributed by atoms with E-state index >= 15 is 0 Å². The molecule has 0 aliphatic heterocycles. The second-order valence-electron chi connectivity index (χ2n) is 6.49. The highest BCUT2D eigenvalue weighted by molar-refractivity contribution is 7.84. The number of amides is 1. The Balaban J connectivity index is 1.85. The van der Waals surface area contributed by atoms with Gasteiger partial charge in [0.15, 0.2) is 0 Å². The van der Waals surface area contributed by atoms with Gasteiger partial charge in [-0.3, -0.25) is 4.79 Å². The molecule has 1 amide bonds. The van der Waals surface area contributed by atoms with Crippen molar-refractivity contribution in [3.63, 3.8) is 0 Å². The summed E-state index contributed by atoms with van der Waals surface area (Å²) in [7, 11) is 1.91. The lowest BCUT2D eigenvalue weighted by Gasteiger charge is -2.12. The van der Waals surface area contributed by atoms with E-state index in [1.54, 1.807) is 49.3 Å². The van der Waals surface area contributed by atoms with Gasteiger partial charge in [-0.2, -0.15) is 0 Å². The minimum atomic E-state index is -1.34. The van der Waals surface area contributed by atoms with Gasteiger partial charge >= 0.3 is 5.16 Å². The summed E-state index contributed by atoms with van der Waals surface area (Å²) in [6.07, 6.45) is 6.14. The van der Waals surface area contributed by atoms with E-state index in [-0.39, 0.29) is 12.5 Å². The van der Waals surface area contributed by atoms with Crippen LogP contribution in [0.4, 0.5) is 5.82 Å². The van der Waals surface area contributed by atoms with Gasteiger partial charge in [0.2, 0.25) is 5.82 Å². The Morgan fingerprint density at radius 1 is 1.23 bits per heavy atom. The van der Waals surface area contributed by atoms with Gasteiger partial charge in [0.1, 0.15) is 34.1 Å². The fourth-order valence-corrected chi connectivity index (χ4v) is 3.83. The fourth-order valence-electron chi connectivity index (χ4n) is 2.87. The molecule has 3 rings (SSSR count). The van der Waals surface area contributed by atoms with Gasteiger partial charge in [-0.25, -0.2) is 18.7 Å². The van der Waals surface area contributed by atoms with Crippen molar-refractivity contribution in [2.24, 2.45) is 7.05 Å². The molecule has 1 unspecified atom stereocenters. The van der Waals surface area contributed by atoms with E-state index in [1.165, 1.54) is 12.5 Å². The number of rotatable bonds is 8. The summed E-state index contributed by atoms with van der Waals surface area (Å²) in [6.45, 7) is 0.539. The first kappa shape index (κ1) is 22.6. The van der Waals surface area contributed by atoms with Gasteiger partial charge < -0.3 is 15.4 Å². The molecular formula is C20H22ClN6O3S+. The lowest BCUT2D eigenvalue weighted by Crippen LogP contribution is -2.41. The number of benzene rings is 1. The molecular weight excluding hydrogens is 440 g/mol. The second-order valence-corrected chi connectivity index (χ2v) is 8.17. The van der Waals surface area contributed by atoms with Crippen molar-refractivity contribution in [2.75, 3.05) is 18.7 Å². The summed E-state index contributed by atoms with van der Waals surface area (Å²) in [4.78, 5) is 25.2. The first-order valence-electron chi connectivity index (χ1n) is 9.23. The van der Waals surface area contributed by atoms with E-state index in [0.29, 0.717) is 39.7 Å². The van der Waals surface area contributed by atoms with Crippen LogP contribution in [0.3, 0.4) is 0 Å². The molecule has 162 valence electrons. The smallest absolute Gasteiger partial charge is 0.328 e. The maximum atomic E-state index is 12.8. The van der Waals surface area contributed by atoms with Gasteiger partial charge in [-0.15, -0.1) is 4.98 Å². The minimum Gasteiger partial charge on any atom is -0.495 e. The number of hydrogen-bond donors (Lipinski definition) is 2. The summed E-state index contributed by atoms with van der Waals surface area (Å²) in [6, 6.07) is 7.11. The van der Waals surface area contributed by atoms with Crippen LogP contribution in [0.1, 0.15) is 21.7 Å². The molecule has 0 radical (unpaired) electrons. The molecule has 2 N–H and O–H groups in total. The zero-order valence-corrected chi connectivity index (χ0v) is 18.8. The third-order valence-corrected chi connectivity index (χ3v) is 5.57. The number of hydrogen-bond acceptors (Lipinski definition) is 7. The normalized spacial score (nSPS) is 11.6. The highest BCUT2D eigenvalue weighted by Gasteiger charge is 2.24. The van der Waals surface area contributed by atoms with E-state index in [1.807, 2.05) is 6.07 Å². The molecule has 11 heteroatoms. The monoisotopic (exact) mass is 461 g/mol. The minimum absolute atomic E-state index is 0.165. The fraction of sp³-hybridized carbons (Fsp3) is 0.250. The zero-order valence-electron chi connectivity index (χ0n) is 17.3. The third-order valence-electron chi connectivity index (χ3n) is 4.39. The Kier molecular flexibility index (Phi) is 7.48. The second kappa shape index (κ2) is 10.3. The quantitative estimate of drug-likeness (QED) is 0.387. The Bertz CT molecular complexity index is 1110. The predicted molar refractivity (Wildman–Crippen MR) is 116 cm³/mol. The molecule has 2 heterocycles. The number of halogens is 1. The number of nitrogens with zero attached hydrogens (tertiary/aromatic N) is 4. The molecule has 9 nitrogen and oxygen atoms in total. The van der Waals surface area contributed by atoms with Crippen LogP contribution in [0, 0.1) is 0 Å². The van der Waals surface area contributed by atoms with Crippen LogP contribution in [0.25, 0.3) is 0 Å². The molecule has 0 fully saturated rings. The van der Waals surface area contributed by atoms with Crippen molar-refractivity contribution in [1.82, 2.24) is 20.3 Å². The molecule has 31 heavy (non-hydrogen) atoms. The van der Waals surface area contributed by atoms with Crippen molar-refractivity contribution < 1.29 is 18.3 Å². The lowest BCUT2D eigenvalue weighted by molar-refractivity contribution is -0.700. The Hall–Kier alpha value is -3.11. The van der Waals surface area contributed by atoms with E-state index < -0.39 is 10.8 Å². The van der Waals surface area contributed by atoms with Gasteiger partial charge in [0.25, 0.3) is 5.91 Å². The molecule has 2 aromatic heterocycles. The molecule has 1 aromatic carbocycles. The maximum Gasteiger partial charge on any atom is 0.328 e. The molecule has 3 aromatic rings. The van der Waals surface area contributed by atoms with Crippen LogP contribution in [0.2, 0.25) is 5.02 Å². The number of aromatic nitrogens is 4. The molecule has 0 spiro atoms. The Morgan fingerprint density at radius 3 is 2.61 bits per heavy atom. The first-order valence-corrected chi connectivity index (χ1v) is 11.2. The van der Waals surface area contributed by atoms with Crippen molar-refractivity contribution in [2.45, 2.75) is 18.2 Å². The summed E-state index contributed by atoms with van der Waals surface area (Å²) in [5.74, 6) is 1.17.